The molecule has 0 bridgehead atoms. The summed E-state index contributed by atoms with van der Waals surface area (Å²) < 4.78 is 16.4. The van der Waals surface area contributed by atoms with Crippen LogP contribution in [0.15, 0.2) is 78.9 Å². The number of benzene rings is 3. The maximum atomic E-state index is 11.7. The van der Waals surface area contributed by atoms with Crippen LogP contribution in [-0.2, 0) is 9.53 Å². The molecule has 148 valence electrons. The Kier molecular flexibility index (Phi) is 6.73. The third-order valence-corrected chi connectivity index (χ3v) is 3.82. The van der Waals surface area contributed by atoms with Crippen LogP contribution in [0.3, 0.4) is 0 Å². The fraction of sp³-hybridized carbons (Fsp3) is 0.0870. The van der Waals surface area contributed by atoms with Crippen molar-refractivity contribution in [3.05, 3.63) is 84.4 Å². The Bertz CT molecular complexity index is 950. The molecule has 0 spiro atoms. The molecule has 29 heavy (non-hydrogen) atoms. The minimum absolute atomic E-state index is 0.152. The lowest BCUT2D eigenvalue weighted by Gasteiger charge is -2.09. The Morgan fingerprint density at radius 2 is 1.45 bits per heavy atom. The quantitative estimate of drug-likeness (QED) is 0.258. The van der Waals surface area contributed by atoms with Gasteiger partial charge in [-0.1, -0.05) is 30.3 Å². The van der Waals surface area contributed by atoms with Crippen LogP contribution < -0.4 is 20.9 Å². The van der Waals surface area contributed by atoms with Crippen molar-refractivity contribution in [3.63, 3.8) is 0 Å². The molecule has 0 radical (unpaired) electrons. The number of carbonyl (C=O) groups is 1. The molecule has 0 amide bonds. The van der Waals surface area contributed by atoms with Crippen molar-refractivity contribution in [2.45, 2.75) is 0 Å². The molecule has 6 heteroatoms. The Labute approximate surface area is 169 Å². The van der Waals surface area contributed by atoms with Crippen LogP contribution in [-0.4, -0.2) is 19.2 Å². The highest BCUT2D eigenvalue weighted by atomic mass is 16.6. The van der Waals surface area contributed by atoms with E-state index in [9.17, 15) is 4.79 Å². The topological polar surface area (TPSA) is 96.8 Å². The second-order valence-corrected chi connectivity index (χ2v) is 6.17. The summed E-state index contributed by atoms with van der Waals surface area (Å²) in [5.74, 6) is 1.41. The first kappa shape index (κ1) is 19.8. The highest BCUT2D eigenvalue weighted by Gasteiger charge is 2.02. The Morgan fingerprint density at radius 3 is 2.14 bits per heavy atom. The lowest BCUT2D eigenvalue weighted by atomic mass is 10.2. The summed E-state index contributed by atoms with van der Waals surface area (Å²) in [6.07, 6.45) is 3.10. The second kappa shape index (κ2) is 9.85. The summed E-state index contributed by atoms with van der Waals surface area (Å²) in [5, 5.41) is 0. The molecule has 0 heterocycles. The van der Waals surface area contributed by atoms with Gasteiger partial charge in [0.1, 0.15) is 30.5 Å². The molecule has 0 fully saturated rings. The number of hydrogen-bond acceptors (Lipinski definition) is 6. The van der Waals surface area contributed by atoms with Gasteiger partial charge in [-0.2, -0.15) is 0 Å². The maximum Gasteiger partial charge on any atom is 0.330 e. The van der Waals surface area contributed by atoms with Gasteiger partial charge in [0.2, 0.25) is 0 Å². The first-order chi connectivity index (χ1) is 14.1. The standard InChI is InChI=1S/C23H22N2O4/c24-18-14-19(25)16-22(15-18)29-21-9-7-20(8-10-21)27-12-13-28-23(26)11-6-17-4-2-1-3-5-17/h1-11,14-16H,12-13,24-25H2. The van der Waals surface area contributed by atoms with Crippen molar-refractivity contribution in [1.29, 1.82) is 0 Å². The summed E-state index contributed by atoms with van der Waals surface area (Å²) in [6, 6.07) is 21.6. The summed E-state index contributed by atoms with van der Waals surface area (Å²) in [5.41, 5.74) is 13.5. The van der Waals surface area contributed by atoms with Crippen molar-refractivity contribution in [2.24, 2.45) is 0 Å². The molecule has 0 saturated carbocycles. The Morgan fingerprint density at radius 1 is 0.793 bits per heavy atom. The van der Waals surface area contributed by atoms with E-state index in [1.807, 2.05) is 30.3 Å². The fourth-order valence-corrected chi connectivity index (χ4v) is 2.52. The first-order valence-corrected chi connectivity index (χ1v) is 9.05. The average Bonchev–Trinajstić information content (AvgIpc) is 2.71. The highest BCUT2D eigenvalue weighted by Crippen LogP contribution is 2.27. The molecule has 3 aromatic carbocycles. The number of nitrogens with two attached hydrogens (primary N) is 2. The van der Waals surface area contributed by atoms with Crippen molar-refractivity contribution >= 4 is 23.4 Å². The largest absolute Gasteiger partial charge is 0.490 e. The Balaban J connectivity index is 1.41. The number of nitrogen functional groups attached to an aromatic ring is 2. The van der Waals surface area contributed by atoms with E-state index in [4.69, 9.17) is 25.7 Å². The molecule has 3 aromatic rings. The number of anilines is 2. The van der Waals surface area contributed by atoms with Gasteiger partial charge in [0, 0.05) is 29.6 Å². The highest BCUT2D eigenvalue weighted by molar-refractivity contribution is 5.87. The summed E-state index contributed by atoms with van der Waals surface area (Å²) in [4.78, 5) is 11.7. The molecule has 4 N–H and O–H groups in total. The van der Waals surface area contributed by atoms with E-state index in [0.717, 1.165) is 5.56 Å². The average molecular weight is 390 g/mol. The van der Waals surface area contributed by atoms with Crippen LogP contribution in [0.1, 0.15) is 5.56 Å². The van der Waals surface area contributed by atoms with Crippen molar-refractivity contribution in [1.82, 2.24) is 0 Å². The van der Waals surface area contributed by atoms with Crippen LogP contribution in [0.2, 0.25) is 0 Å². The summed E-state index contributed by atoms with van der Waals surface area (Å²) in [7, 11) is 0. The predicted octanol–water partition coefficient (Wildman–Crippen LogP) is 4.28. The molecule has 0 aliphatic carbocycles. The van der Waals surface area contributed by atoms with E-state index >= 15 is 0 Å². The van der Waals surface area contributed by atoms with Gasteiger partial charge in [-0.25, -0.2) is 4.79 Å². The van der Waals surface area contributed by atoms with Crippen LogP contribution in [0.25, 0.3) is 6.08 Å². The monoisotopic (exact) mass is 390 g/mol. The number of esters is 1. The van der Waals surface area contributed by atoms with Crippen LogP contribution in [0.4, 0.5) is 11.4 Å². The molecular weight excluding hydrogens is 368 g/mol. The van der Waals surface area contributed by atoms with E-state index in [0.29, 0.717) is 28.6 Å². The number of ether oxygens (including phenoxy) is 3. The van der Waals surface area contributed by atoms with Gasteiger partial charge in [-0.15, -0.1) is 0 Å². The molecule has 0 unspecified atom stereocenters. The number of carbonyl (C=O) groups excluding carboxylic acids is 1. The van der Waals surface area contributed by atoms with Gasteiger partial charge < -0.3 is 25.7 Å². The number of rotatable bonds is 8. The van der Waals surface area contributed by atoms with Gasteiger partial charge in [0.25, 0.3) is 0 Å². The Hall–Kier alpha value is -3.93. The molecule has 0 aromatic heterocycles. The lowest BCUT2D eigenvalue weighted by molar-refractivity contribution is -0.138. The zero-order chi connectivity index (χ0) is 20.5. The van der Waals surface area contributed by atoms with E-state index < -0.39 is 5.97 Å². The van der Waals surface area contributed by atoms with Gasteiger partial charge >= 0.3 is 5.97 Å². The summed E-state index contributed by atoms with van der Waals surface area (Å²) in [6.45, 7) is 0.398. The zero-order valence-corrected chi connectivity index (χ0v) is 15.8. The van der Waals surface area contributed by atoms with Crippen molar-refractivity contribution in [3.8, 4) is 17.2 Å². The van der Waals surface area contributed by atoms with Crippen LogP contribution >= 0.6 is 0 Å². The first-order valence-electron chi connectivity index (χ1n) is 9.05. The molecule has 0 aliphatic heterocycles. The van der Waals surface area contributed by atoms with E-state index in [-0.39, 0.29) is 13.2 Å². The molecule has 3 rings (SSSR count). The van der Waals surface area contributed by atoms with Gasteiger partial charge in [-0.05, 0) is 42.0 Å². The van der Waals surface area contributed by atoms with E-state index in [2.05, 4.69) is 0 Å². The van der Waals surface area contributed by atoms with Crippen molar-refractivity contribution < 1.29 is 19.0 Å². The predicted molar refractivity (Wildman–Crippen MR) is 114 cm³/mol. The fourth-order valence-electron chi connectivity index (χ4n) is 2.52. The smallest absolute Gasteiger partial charge is 0.330 e. The van der Waals surface area contributed by atoms with Gasteiger partial charge in [0.05, 0.1) is 0 Å². The maximum absolute atomic E-state index is 11.7. The van der Waals surface area contributed by atoms with Gasteiger partial charge in [-0.3, -0.25) is 0 Å². The van der Waals surface area contributed by atoms with Crippen LogP contribution in [0, 0.1) is 0 Å². The van der Waals surface area contributed by atoms with Gasteiger partial charge in [0.15, 0.2) is 0 Å². The molecule has 0 atom stereocenters. The lowest BCUT2D eigenvalue weighted by Crippen LogP contribution is -2.10. The zero-order valence-electron chi connectivity index (χ0n) is 15.8. The number of hydrogen-bond donors (Lipinski definition) is 2. The minimum Gasteiger partial charge on any atom is -0.490 e. The molecular formula is C23H22N2O4. The molecule has 6 nitrogen and oxygen atoms in total. The SMILES string of the molecule is Nc1cc(N)cc(Oc2ccc(OCCOC(=O)C=Cc3ccccc3)cc2)c1. The van der Waals surface area contributed by atoms with Crippen molar-refractivity contribution in [2.75, 3.05) is 24.7 Å². The third-order valence-electron chi connectivity index (χ3n) is 3.82. The second-order valence-electron chi connectivity index (χ2n) is 6.17. The van der Waals surface area contributed by atoms with E-state index in [1.54, 1.807) is 48.5 Å². The molecule has 0 aliphatic rings. The van der Waals surface area contributed by atoms with E-state index in [1.165, 1.54) is 6.08 Å². The third kappa shape index (κ3) is 6.62. The summed E-state index contributed by atoms with van der Waals surface area (Å²) >= 11 is 0. The minimum atomic E-state index is -0.414. The normalized spacial score (nSPS) is 10.6. The van der Waals surface area contributed by atoms with Crippen LogP contribution in [0.5, 0.6) is 17.2 Å². The molecule has 0 saturated heterocycles.